The van der Waals surface area contributed by atoms with E-state index in [-0.39, 0.29) is 5.56 Å². The van der Waals surface area contributed by atoms with Gasteiger partial charge in [0.25, 0.3) is 5.91 Å². The zero-order chi connectivity index (χ0) is 28.3. The molecule has 0 spiro atoms. The Morgan fingerprint density at radius 2 is 1.71 bits per heavy atom. The van der Waals surface area contributed by atoms with Gasteiger partial charge in [-0.25, -0.2) is 14.1 Å². The van der Waals surface area contributed by atoms with Gasteiger partial charge in [0.2, 0.25) is 0 Å². The number of imidazole rings is 1. The van der Waals surface area contributed by atoms with Crippen molar-refractivity contribution in [1.82, 2.24) is 15.0 Å². The first kappa shape index (κ1) is 26.5. The molecule has 0 radical (unpaired) electrons. The minimum atomic E-state index is -0.795. The molecule has 6 rings (SSSR count). The molecule has 1 aliphatic rings. The van der Waals surface area contributed by atoms with E-state index in [0.29, 0.717) is 18.5 Å². The number of fused-ring (bicyclic) bond motifs is 1. The van der Waals surface area contributed by atoms with Crippen molar-refractivity contribution in [2.45, 2.75) is 32.0 Å². The molecule has 5 aromatic rings. The third kappa shape index (κ3) is 5.36. The average Bonchev–Trinajstić information content (AvgIpc) is 3.61. The van der Waals surface area contributed by atoms with E-state index in [0.717, 1.165) is 40.2 Å². The molecule has 0 bridgehead atoms. The molecule has 1 aliphatic carbocycles. The van der Waals surface area contributed by atoms with Gasteiger partial charge in [-0.05, 0) is 46.9 Å². The lowest BCUT2D eigenvalue weighted by Crippen LogP contribution is -2.35. The fourth-order valence-corrected chi connectivity index (χ4v) is 5.54. The van der Waals surface area contributed by atoms with Crippen molar-refractivity contribution >= 4 is 5.91 Å². The zero-order valence-corrected chi connectivity index (χ0v) is 22.7. The van der Waals surface area contributed by atoms with Crippen LogP contribution in [0, 0.1) is 5.82 Å². The smallest absolute Gasteiger partial charge is 0.254 e. The number of hydrogen-bond acceptors (Lipinski definition) is 4. The fourth-order valence-electron chi connectivity index (χ4n) is 5.54. The van der Waals surface area contributed by atoms with Gasteiger partial charge in [-0.2, -0.15) is 0 Å². The highest BCUT2D eigenvalue weighted by molar-refractivity contribution is 5.95. The summed E-state index contributed by atoms with van der Waals surface area (Å²) >= 11 is 0. The zero-order valence-electron chi connectivity index (χ0n) is 22.7. The van der Waals surface area contributed by atoms with E-state index in [1.54, 1.807) is 12.3 Å². The number of aliphatic hydroxyl groups is 1. The molecule has 206 valence electrons. The summed E-state index contributed by atoms with van der Waals surface area (Å²) in [6, 6.07) is 29.6. The second-order valence-corrected chi connectivity index (χ2v) is 10.3. The number of amides is 1. The first-order valence-electron chi connectivity index (χ1n) is 13.8. The van der Waals surface area contributed by atoms with Crippen LogP contribution < -0.4 is 10.3 Å². The molecule has 0 saturated carbocycles. The number of aliphatic hydroxyl groups excluding tert-OH is 1. The molecule has 2 N–H and O–H groups in total. The van der Waals surface area contributed by atoms with Crippen molar-refractivity contribution in [2.24, 2.45) is 0 Å². The van der Waals surface area contributed by atoms with E-state index in [4.69, 9.17) is 0 Å². The maximum atomic E-state index is 15.1. The molecule has 0 unspecified atom stereocenters. The molecular formula is C34H31FN4O2. The summed E-state index contributed by atoms with van der Waals surface area (Å²) in [6.07, 6.45) is 3.37. The Bertz CT molecular complexity index is 1670. The molecule has 41 heavy (non-hydrogen) atoms. The quantitative estimate of drug-likeness (QED) is 0.254. The second kappa shape index (κ2) is 11.4. The Morgan fingerprint density at radius 3 is 2.41 bits per heavy atom. The van der Waals surface area contributed by atoms with Crippen LogP contribution in [0.1, 0.15) is 40.0 Å². The maximum absolute atomic E-state index is 15.1. The lowest BCUT2D eigenvalue weighted by molar-refractivity contribution is 0.0854. The van der Waals surface area contributed by atoms with Crippen molar-refractivity contribution < 1.29 is 14.3 Å². The van der Waals surface area contributed by atoms with Gasteiger partial charge in [-0.3, -0.25) is 4.79 Å². The highest BCUT2D eigenvalue weighted by Gasteiger charge is 2.33. The summed E-state index contributed by atoms with van der Waals surface area (Å²) in [5.74, 6) is -0.293. The number of nitrogens with zero attached hydrogens (tertiary/aromatic N) is 3. The first-order chi connectivity index (χ1) is 20.0. The molecule has 6 nitrogen and oxygen atoms in total. The summed E-state index contributed by atoms with van der Waals surface area (Å²) in [5.41, 5.74) is 5.41. The summed E-state index contributed by atoms with van der Waals surface area (Å²) in [6.45, 7) is 3.44. The Kier molecular flexibility index (Phi) is 7.35. The second-order valence-electron chi connectivity index (χ2n) is 10.3. The van der Waals surface area contributed by atoms with Crippen LogP contribution in [0.5, 0.6) is 0 Å². The lowest BCUT2D eigenvalue weighted by atomic mass is 10.0. The summed E-state index contributed by atoms with van der Waals surface area (Å²) in [5, 5.41) is 15.9. The summed E-state index contributed by atoms with van der Waals surface area (Å²) in [4.78, 5) is 17.8. The van der Waals surface area contributed by atoms with Gasteiger partial charge >= 0.3 is 0 Å². The predicted octanol–water partition coefficient (Wildman–Crippen LogP) is 5.90. The van der Waals surface area contributed by atoms with E-state index in [1.165, 1.54) is 12.1 Å². The number of carbonyl (C=O) groups excluding carboxylic acids is 1. The highest BCUT2D eigenvalue weighted by atomic mass is 19.1. The average molecular weight is 547 g/mol. The Balaban J connectivity index is 1.22. The van der Waals surface area contributed by atoms with Gasteiger partial charge in [0.1, 0.15) is 5.82 Å². The number of halogens is 1. The lowest BCUT2D eigenvalue weighted by Gasteiger charge is -2.26. The number of hydrogen-bond donors (Lipinski definition) is 2. The normalized spacial score (nSPS) is 15.9. The van der Waals surface area contributed by atoms with E-state index in [9.17, 15) is 9.90 Å². The Hall–Kier alpha value is -4.75. The molecule has 0 aliphatic heterocycles. The van der Waals surface area contributed by atoms with Gasteiger partial charge in [0.05, 0.1) is 24.3 Å². The van der Waals surface area contributed by atoms with Gasteiger partial charge in [-0.1, -0.05) is 84.9 Å². The van der Waals surface area contributed by atoms with E-state index in [2.05, 4.69) is 33.0 Å². The Labute approximate surface area is 238 Å². The van der Waals surface area contributed by atoms with Crippen molar-refractivity contribution in [3.05, 3.63) is 138 Å². The van der Waals surface area contributed by atoms with Crippen LogP contribution in [0.3, 0.4) is 0 Å². The van der Waals surface area contributed by atoms with Crippen molar-refractivity contribution in [3.63, 3.8) is 0 Å². The van der Waals surface area contributed by atoms with Crippen LogP contribution in [-0.4, -0.2) is 33.3 Å². The standard InChI is InChI=1S/C34H31FN4O2/c1-2-38(39-18-17-36-33(39)25-11-7-4-8-12-25)22-23-13-14-27-21-31(40)32(29(27)19-23)37-34(41)28-16-15-26(20-30(28)35)24-9-5-3-6-10-24/h3-20,31-32,40H,2,21-22H2,1H3,(H,37,41)/t31-,32-/m1/s1. The maximum Gasteiger partial charge on any atom is 0.254 e. The van der Waals surface area contributed by atoms with E-state index < -0.39 is 23.9 Å². The van der Waals surface area contributed by atoms with Crippen LogP contribution in [0.15, 0.2) is 109 Å². The molecule has 0 fully saturated rings. The number of carbonyl (C=O) groups is 1. The molecule has 2 atom stereocenters. The number of nitrogens with one attached hydrogen (secondary N) is 1. The predicted molar refractivity (Wildman–Crippen MR) is 158 cm³/mol. The molecule has 1 aromatic heterocycles. The third-order valence-electron chi connectivity index (χ3n) is 7.66. The molecule has 0 saturated heterocycles. The van der Waals surface area contributed by atoms with Gasteiger partial charge < -0.3 is 15.4 Å². The number of rotatable bonds is 8. The minimum Gasteiger partial charge on any atom is -0.390 e. The largest absolute Gasteiger partial charge is 0.390 e. The van der Waals surface area contributed by atoms with Crippen molar-refractivity contribution in [1.29, 1.82) is 0 Å². The van der Waals surface area contributed by atoms with Crippen LogP contribution in [0.4, 0.5) is 4.39 Å². The molecule has 1 amide bonds. The molecule has 1 heterocycles. The molecule has 4 aromatic carbocycles. The first-order valence-corrected chi connectivity index (χ1v) is 13.8. The van der Waals surface area contributed by atoms with Gasteiger partial charge in [0, 0.05) is 30.9 Å². The van der Waals surface area contributed by atoms with Crippen molar-refractivity contribution in [2.75, 3.05) is 11.6 Å². The monoisotopic (exact) mass is 546 g/mol. The van der Waals surface area contributed by atoms with E-state index in [1.807, 2.05) is 79.0 Å². The minimum absolute atomic E-state index is 0.0489. The topological polar surface area (TPSA) is 70.4 Å². The van der Waals surface area contributed by atoms with Gasteiger partial charge in [0.15, 0.2) is 5.82 Å². The summed E-state index contributed by atoms with van der Waals surface area (Å²) < 4.78 is 17.1. The van der Waals surface area contributed by atoms with Crippen LogP contribution in [-0.2, 0) is 13.0 Å². The van der Waals surface area contributed by atoms with Crippen LogP contribution in [0.25, 0.3) is 22.5 Å². The fraction of sp³-hybridized carbons (Fsp3) is 0.176. The third-order valence-corrected chi connectivity index (χ3v) is 7.66. The highest BCUT2D eigenvalue weighted by Crippen LogP contribution is 2.33. The van der Waals surface area contributed by atoms with E-state index >= 15 is 4.39 Å². The molecular weight excluding hydrogens is 515 g/mol. The number of aromatic nitrogens is 2. The van der Waals surface area contributed by atoms with Crippen molar-refractivity contribution in [3.8, 4) is 22.5 Å². The van der Waals surface area contributed by atoms with Crippen LogP contribution >= 0.6 is 0 Å². The SMILES string of the molecule is CCN(Cc1ccc2c(c1)[C@@H](NC(=O)c1ccc(-c3ccccc3)cc1F)[C@H](O)C2)n1ccnc1-c1ccccc1. The number of benzene rings is 4. The van der Waals surface area contributed by atoms with Gasteiger partial charge in [-0.15, -0.1) is 0 Å². The summed E-state index contributed by atoms with van der Waals surface area (Å²) in [7, 11) is 0. The Morgan fingerprint density at radius 1 is 0.976 bits per heavy atom. The molecule has 7 heteroatoms. The van der Waals surface area contributed by atoms with Crippen LogP contribution in [0.2, 0.25) is 0 Å².